The molecule has 5 heteroatoms. The second kappa shape index (κ2) is 4.13. The number of carbonyl (C=O) groups is 1. The van der Waals surface area contributed by atoms with Crippen LogP contribution in [0.25, 0.3) is 0 Å². The molecule has 1 fully saturated rings. The van der Waals surface area contributed by atoms with E-state index in [0.717, 1.165) is 25.9 Å². The van der Waals surface area contributed by atoms with Crippen molar-refractivity contribution >= 4 is 6.09 Å². The first kappa shape index (κ1) is 9.05. The predicted octanol–water partition coefficient (Wildman–Crippen LogP) is 0.918. The monoisotopic (exact) mass is 195 g/mol. The number of aromatic nitrogens is 2. The number of nitrogens with zero attached hydrogens (tertiary/aromatic N) is 3. The second-order valence-electron chi connectivity index (χ2n) is 3.31. The average molecular weight is 195 g/mol. The predicted molar refractivity (Wildman–Crippen MR) is 49.6 cm³/mol. The quantitative estimate of drug-likeness (QED) is 0.669. The average Bonchev–Trinajstić information content (AvgIpc) is 2.72. The van der Waals surface area contributed by atoms with E-state index in [1.165, 1.54) is 11.3 Å². The SMILES string of the molecule is O=C(On1cccn1)N1CCCCC1. The van der Waals surface area contributed by atoms with Gasteiger partial charge in [-0.1, -0.05) is 4.85 Å². The summed E-state index contributed by atoms with van der Waals surface area (Å²) in [5, 5.41) is 3.80. The summed E-state index contributed by atoms with van der Waals surface area (Å²) in [4.78, 5) is 19.4. The summed E-state index contributed by atoms with van der Waals surface area (Å²) in [5.74, 6) is 0. The molecule has 2 rings (SSSR count). The Hall–Kier alpha value is -1.52. The van der Waals surface area contributed by atoms with Gasteiger partial charge in [-0.05, 0) is 25.3 Å². The lowest BCUT2D eigenvalue weighted by molar-refractivity contribution is 0.0731. The number of hydrogen-bond donors (Lipinski definition) is 0. The molecule has 0 atom stereocenters. The van der Waals surface area contributed by atoms with Crippen molar-refractivity contribution in [3.8, 4) is 0 Å². The van der Waals surface area contributed by atoms with E-state index < -0.39 is 0 Å². The highest BCUT2D eigenvalue weighted by Gasteiger charge is 2.18. The fourth-order valence-corrected chi connectivity index (χ4v) is 1.52. The van der Waals surface area contributed by atoms with E-state index in [0.29, 0.717) is 0 Å². The van der Waals surface area contributed by atoms with Gasteiger partial charge in [0.1, 0.15) is 0 Å². The first-order valence-electron chi connectivity index (χ1n) is 4.83. The first-order valence-corrected chi connectivity index (χ1v) is 4.83. The highest BCUT2D eigenvalue weighted by molar-refractivity contribution is 5.67. The van der Waals surface area contributed by atoms with Crippen molar-refractivity contribution < 1.29 is 9.63 Å². The maximum Gasteiger partial charge on any atom is 0.435 e. The van der Waals surface area contributed by atoms with Gasteiger partial charge >= 0.3 is 6.09 Å². The van der Waals surface area contributed by atoms with Crippen molar-refractivity contribution in [1.29, 1.82) is 0 Å². The van der Waals surface area contributed by atoms with Crippen molar-refractivity contribution in [3.05, 3.63) is 18.5 Å². The minimum atomic E-state index is -0.312. The Morgan fingerprint density at radius 3 is 2.71 bits per heavy atom. The van der Waals surface area contributed by atoms with E-state index in [1.807, 2.05) is 0 Å². The summed E-state index contributed by atoms with van der Waals surface area (Å²) < 4.78 is 0. The molecule has 1 aromatic heterocycles. The normalized spacial score (nSPS) is 16.7. The van der Waals surface area contributed by atoms with Crippen LogP contribution >= 0.6 is 0 Å². The molecule has 0 radical (unpaired) electrons. The van der Waals surface area contributed by atoms with Gasteiger partial charge in [-0.25, -0.2) is 4.79 Å². The van der Waals surface area contributed by atoms with Crippen LogP contribution in [0.2, 0.25) is 0 Å². The van der Waals surface area contributed by atoms with Crippen LogP contribution in [0, 0.1) is 0 Å². The molecule has 1 saturated heterocycles. The van der Waals surface area contributed by atoms with E-state index >= 15 is 0 Å². The van der Waals surface area contributed by atoms with E-state index in [2.05, 4.69) is 5.10 Å². The molecule has 76 valence electrons. The van der Waals surface area contributed by atoms with Crippen LogP contribution in [-0.2, 0) is 0 Å². The van der Waals surface area contributed by atoms with Gasteiger partial charge in [-0.2, -0.15) is 0 Å². The highest BCUT2D eigenvalue weighted by atomic mass is 16.7. The fraction of sp³-hybridized carbons (Fsp3) is 0.556. The molecule has 1 aromatic rings. The third-order valence-electron chi connectivity index (χ3n) is 2.27. The molecule has 0 spiro atoms. The van der Waals surface area contributed by atoms with Crippen LogP contribution in [0.3, 0.4) is 0 Å². The Morgan fingerprint density at radius 2 is 2.07 bits per heavy atom. The molecule has 1 amide bonds. The van der Waals surface area contributed by atoms with E-state index in [9.17, 15) is 4.79 Å². The van der Waals surface area contributed by atoms with Gasteiger partial charge in [-0.15, -0.1) is 5.10 Å². The molecule has 1 aliphatic rings. The smallest absolute Gasteiger partial charge is 0.306 e. The van der Waals surface area contributed by atoms with Crippen molar-refractivity contribution in [2.24, 2.45) is 0 Å². The second-order valence-corrected chi connectivity index (χ2v) is 3.31. The lowest BCUT2D eigenvalue weighted by Crippen LogP contribution is -2.40. The van der Waals surface area contributed by atoms with Crippen molar-refractivity contribution in [2.45, 2.75) is 19.3 Å². The van der Waals surface area contributed by atoms with Crippen molar-refractivity contribution in [3.63, 3.8) is 0 Å². The van der Waals surface area contributed by atoms with E-state index in [1.54, 1.807) is 23.4 Å². The van der Waals surface area contributed by atoms with E-state index in [-0.39, 0.29) is 6.09 Å². The molecular formula is C9H13N3O2. The zero-order chi connectivity index (χ0) is 9.80. The molecule has 0 unspecified atom stereocenters. The molecule has 14 heavy (non-hydrogen) atoms. The van der Waals surface area contributed by atoms with Gasteiger partial charge in [0.05, 0.1) is 12.4 Å². The van der Waals surface area contributed by atoms with Crippen LogP contribution in [0.5, 0.6) is 0 Å². The number of piperidine rings is 1. The molecule has 0 saturated carbocycles. The van der Waals surface area contributed by atoms with Gasteiger partial charge in [0.25, 0.3) is 0 Å². The van der Waals surface area contributed by atoms with Gasteiger partial charge in [0, 0.05) is 13.1 Å². The van der Waals surface area contributed by atoms with E-state index in [4.69, 9.17) is 4.84 Å². The van der Waals surface area contributed by atoms with Crippen molar-refractivity contribution in [1.82, 2.24) is 14.8 Å². The van der Waals surface area contributed by atoms with Crippen LogP contribution < -0.4 is 4.84 Å². The van der Waals surface area contributed by atoms with Crippen LogP contribution in [0.15, 0.2) is 18.5 Å². The van der Waals surface area contributed by atoms with Gasteiger partial charge < -0.3 is 4.90 Å². The third kappa shape index (κ3) is 2.04. The number of hydrogen-bond acceptors (Lipinski definition) is 3. The van der Waals surface area contributed by atoms with Crippen LogP contribution in [-0.4, -0.2) is 34.0 Å². The lowest BCUT2D eigenvalue weighted by atomic mass is 10.1. The molecule has 0 N–H and O–H groups in total. The first-order chi connectivity index (χ1) is 6.86. The molecular weight excluding hydrogens is 182 g/mol. The zero-order valence-electron chi connectivity index (χ0n) is 7.93. The maximum absolute atomic E-state index is 11.5. The van der Waals surface area contributed by atoms with Crippen LogP contribution in [0.4, 0.5) is 4.79 Å². The largest absolute Gasteiger partial charge is 0.435 e. The summed E-state index contributed by atoms with van der Waals surface area (Å²) in [5.41, 5.74) is 0. The molecule has 2 heterocycles. The third-order valence-corrected chi connectivity index (χ3v) is 2.27. The Bertz CT molecular complexity index is 291. The van der Waals surface area contributed by atoms with Gasteiger partial charge in [0.15, 0.2) is 0 Å². The minimum Gasteiger partial charge on any atom is -0.306 e. The molecule has 5 nitrogen and oxygen atoms in total. The topological polar surface area (TPSA) is 47.4 Å². The van der Waals surface area contributed by atoms with Crippen LogP contribution in [0.1, 0.15) is 19.3 Å². The Kier molecular flexibility index (Phi) is 2.67. The van der Waals surface area contributed by atoms with Crippen molar-refractivity contribution in [2.75, 3.05) is 13.1 Å². The maximum atomic E-state index is 11.5. The minimum absolute atomic E-state index is 0.312. The number of likely N-dealkylation sites (tertiary alicyclic amines) is 1. The molecule has 0 aliphatic carbocycles. The molecule has 1 aliphatic heterocycles. The highest BCUT2D eigenvalue weighted by Crippen LogP contribution is 2.08. The summed E-state index contributed by atoms with van der Waals surface area (Å²) in [6.07, 6.45) is 6.19. The number of rotatable bonds is 1. The Labute approximate surface area is 82.2 Å². The Balaban J connectivity index is 1.88. The summed E-state index contributed by atoms with van der Waals surface area (Å²) >= 11 is 0. The fourth-order valence-electron chi connectivity index (χ4n) is 1.52. The Morgan fingerprint density at radius 1 is 1.29 bits per heavy atom. The molecule has 0 bridgehead atoms. The van der Waals surface area contributed by atoms with Gasteiger partial charge in [0.2, 0.25) is 0 Å². The number of amides is 1. The zero-order valence-corrected chi connectivity index (χ0v) is 7.93. The summed E-state index contributed by atoms with van der Waals surface area (Å²) in [6, 6.07) is 1.71. The standard InChI is InChI=1S/C9H13N3O2/c13-9(11-6-2-1-3-7-11)14-12-8-4-5-10-12/h4-5,8H,1-3,6-7H2. The lowest BCUT2D eigenvalue weighted by Gasteiger charge is -2.24. The van der Waals surface area contributed by atoms with Gasteiger partial charge in [-0.3, -0.25) is 4.84 Å². The number of carbonyl (C=O) groups excluding carboxylic acids is 1. The summed E-state index contributed by atoms with van der Waals surface area (Å²) in [7, 11) is 0. The summed E-state index contributed by atoms with van der Waals surface area (Å²) in [6.45, 7) is 1.58. The molecule has 0 aromatic carbocycles.